The molecule has 12 N–H and O–H groups in total. The third kappa shape index (κ3) is 10.7. The van der Waals surface area contributed by atoms with Gasteiger partial charge >= 0.3 is 5.97 Å². The molecule has 14 nitrogen and oxygen atoms in total. The summed E-state index contributed by atoms with van der Waals surface area (Å²) in [6, 6.07) is -5.79. The van der Waals surface area contributed by atoms with Crippen LogP contribution in [-0.2, 0) is 24.0 Å². The number of carbonyl (C=O) groups excluding carboxylic acids is 4. The lowest BCUT2D eigenvalue weighted by Gasteiger charge is -2.25. The Balaban J connectivity index is 5.36. The van der Waals surface area contributed by atoms with Gasteiger partial charge in [-0.3, -0.25) is 19.2 Å². The predicted octanol–water partition coefficient (Wildman–Crippen LogP) is -4.77. The molecule has 0 saturated heterocycles. The molecule has 0 aliphatic carbocycles. The summed E-state index contributed by atoms with van der Waals surface area (Å²) in [5.74, 6) is -5.26. The number of amides is 4. The van der Waals surface area contributed by atoms with Crippen molar-refractivity contribution < 1.29 is 39.3 Å². The second kappa shape index (κ2) is 14.2. The Morgan fingerprint density at radius 3 is 1.97 bits per heavy atom. The molecule has 0 saturated carbocycles. The Bertz CT molecular complexity index is 644. The standard InChI is InChI=1S/C17H32N6O8/c1-8(25)13(23-14(27)9(19)7-24)16(29)22-11(6-12(20)26)15(28)21-10(17(30)31)4-2-3-5-18/h8-11,13,24-25H,2-7,18-19H2,1H3,(H2,20,26)(H,21,28)(H,22,29)(H,23,27)(H,30,31). The van der Waals surface area contributed by atoms with Crippen LogP contribution in [0.15, 0.2) is 0 Å². The van der Waals surface area contributed by atoms with E-state index in [2.05, 4.69) is 16.0 Å². The van der Waals surface area contributed by atoms with E-state index < -0.39 is 72.9 Å². The quantitative estimate of drug-likeness (QED) is 0.108. The number of rotatable bonds is 15. The lowest BCUT2D eigenvalue weighted by atomic mass is 10.1. The fraction of sp³-hybridized carbons (Fsp3) is 0.706. The van der Waals surface area contributed by atoms with Crippen LogP contribution in [0.5, 0.6) is 0 Å². The van der Waals surface area contributed by atoms with E-state index in [-0.39, 0.29) is 6.42 Å². The van der Waals surface area contributed by atoms with E-state index >= 15 is 0 Å². The summed E-state index contributed by atoms with van der Waals surface area (Å²) in [6.07, 6.45) is -1.07. The van der Waals surface area contributed by atoms with E-state index in [0.717, 1.165) is 0 Å². The number of hydrogen-bond donors (Lipinski definition) is 9. The monoisotopic (exact) mass is 448 g/mol. The second-order valence-electron chi connectivity index (χ2n) is 6.93. The van der Waals surface area contributed by atoms with E-state index in [1.54, 1.807) is 0 Å². The van der Waals surface area contributed by atoms with Crippen molar-refractivity contribution in [3.63, 3.8) is 0 Å². The first kappa shape index (κ1) is 28.2. The molecule has 14 heteroatoms. The maximum absolute atomic E-state index is 12.5. The van der Waals surface area contributed by atoms with Crippen LogP contribution < -0.4 is 33.2 Å². The Hall–Kier alpha value is -2.81. The largest absolute Gasteiger partial charge is 0.480 e. The van der Waals surface area contributed by atoms with Crippen LogP contribution in [0, 0.1) is 0 Å². The molecule has 0 heterocycles. The predicted molar refractivity (Wildman–Crippen MR) is 107 cm³/mol. The lowest BCUT2D eigenvalue weighted by molar-refractivity contribution is -0.142. The lowest BCUT2D eigenvalue weighted by Crippen LogP contribution is -2.60. The third-order valence-electron chi connectivity index (χ3n) is 4.20. The molecule has 0 radical (unpaired) electrons. The highest BCUT2D eigenvalue weighted by Crippen LogP contribution is 2.04. The highest BCUT2D eigenvalue weighted by molar-refractivity contribution is 5.96. The van der Waals surface area contributed by atoms with Gasteiger partial charge in [-0.15, -0.1) is 0 Å². The van der Waals surface area contributed by atoms with Crippen molar-refractivity contribution >= 4 is 29.6 Å². The van der Waals surface area contributed by atoms with Crippen LogP contribution in [0.25, 0.3) is 0 Å². The normalized spacial score (nSPS) is 15.6. The number of unbranched alkanes of at least 4 members (excludes halogenated alkanes) is 1. The zero-order valence-corrected chi connectivity index (χ0v) is 17.2. The highest BCUT2D eigenvalue weighted by Gasteiger charge is 2.33. The van der Waals surface area contributed by atoms with Gasteiger partial charge in [0.2, 0.25) is 23.6 Å². The minimum Gasteiger partial charge on any atom is -0.480 e. The van der Waals surface area contributed by atoms with Crippen LogP contribution in [0.2, 0.25) is 0 Å². The summed E-state index contributed by atoms with van der Waals surface area (Å²) < 4.78 is 0. The van der Waals surface area contributed by atoms with Gasteiger partial charge in [-0.25, -0.2) is 4.79 Å². The summed E-state index contributed by atoms with van der Waals surface area (Å²) in [4.78, 5) is 59.5. The Morgan fingerprint density at radius 2 is 1.52 bits per heavy atom. The summed E-state index contributed by atoms with van der Waals surface area (Å²) in [5.41, 5.74) is 15.8. The number of nitrogens with one attached hydrogen (secondary N) is 3. The van der Waals surface area contributed by atoms with E-state index in [1.165, 1.54) is 6.92 Å². The number of carboxylic acid groups (broad SMARTS) is 1. The number of aliphatic hydroxyl groups excluding tert-OH is 2. The van der Waals surface area contributed by atoms with Gasteiger partial charge in [-0.05, 0) is 32.7 Å². The molecule has 0 aromatic heterocycles. The van der Waals surface area contributed by atoms with Gasteiger partial charge < -0.3 is 48.5 Å². The van der Waals surface area contributed by atoms with Crippen molar-refractivity contribution in [2.24, 2.45) is 17.2 Å². The molecule has 0 fully saturated rings. The Morgan fingerprint density at radius 1 is 0.935 bits per heavy atom. The van der Waals surface area contributed by atoms with Crippen molar-refractivity contribution in [2.75, 3.05) is 13.2 Å². The van der Waals surface area contributed by atoms with Crippen LogP contribution in [0.3, 0.4) is 0 Å². The van der Waals surface area contributed by atoms with Crippen molar-refractivity contribution in [3.05, 3.63) is 0 Å². The van der Waals surface area contributed by atoms with Crippen LogP contribution >= 0.6 is 0 Å². The smallest absolute Gasteiger partial charge is 0.326 e. The molecular weight excluding hydrogens is 416 g/mol. The number of carbonyl (C=O) groups is 5. The SMILES string of the molecule is CC(O)C(NC(=O)C(N)CO)C(=O)NC(CC(N)=O)C(=O)NC(CCCCN)C(=O)O. The van der Waals surface area contributed by atoms with Crippen molar-refractivity contribution in [2.45, 2.75) is 62.9 Å². The summed E-state index contributed by atoms with van der Waals surface area (Å²) in [7, 11) is 0. The molecule has 0 spiro atoms. The highest BCUT2D eigenvalue weighted by atomic mass is 16.4. The van der Waals surface area contributed by atoms with Gasteiger partial charge in [0.25, 0.3) is 0 Å². The number of nitrogens with two attached hydrogens (primary N) is 3. The zero-order chi connectivity index (χ0) is 24.1. The topological polar surface area (TPSA) is 260 Å². The molecule has 0 rings (SSSR count). The average molecular weight is 448 g/mol. The van der Waals surface area contributed by atoms with Gasteiger partial charge in [0.05, 0.1) is 19.1 Å². The molecule has 4 amide bonds. The molecule has 0 aromatic carbocycles. The van der Waals surface area contributed by atoms with Gasteiger partial charge in [-0.2, -0.15) is 0 Å². The molecule has 31 heavy (non-hydrogen) atoms. The molecular formula is C17H32N6O8. The van der Waals surface area contributed by atoms with E-state index in [0.29, 0.717) is 19.4 Å². The Labute approximate surface area is 178 Å². The van der Waals surface area contributed by atoms with Crippen LogP contribution in [0.1, 0.15) is 32.6 Å². The van der Waals surface area contributed by atoms with Gasteiger partial charge in [0.1, 0.15) is 24.2 Å². The van der Waals surface area contributed by atoms with Crippen LogP contribution in [-0.4, -0.2) is 88.3 Å². The minimum absolute atomic E-state index is 0.0704. The first-order valence-electron chi connectivity index (χ1n) is 9.61. The fourth-order valence-electron chi connectivity index (χ4n) is 2.44. The minimum atomic E-state index is -1.58. The Kier molecular flexibility index (Phi) is 12.9. The summed E-state index contributed by atoms with van der Waals surface area (Å²) >= 11 is 0. The average Bonchev–Trinajstić information content (AvgIpc) is 2.68. The van der Waals surface area contributed by atoms with Crippen LogP contribution in [0.4, 0.5) is 0 Å². The van der Waals surface area contributed by atoms with Crippen molar-refractivity contribution in [3.8, 4) is 0 Å². The number of hydrogen-bond acceptors (Lipinski definition) is 9. The van der Waals surface area contributed by atoms with E-state index in [1.807, 2.05) is 0 Å². The third-order valence-corrected chi connectivity index (χ3v) is 4.20. The number of aliphatic carboxylic acids is 1. The first-order valence-corrected chi connectivity index (χ1v) is 9.61. The maximum atomic E-state index is 12.5. The maximum Gasteiger partial charge on any atom is 0.326 e. The van der Waals surface area contributed by atoms with Gasteiger partial charge in [0.15, 0.2) is 0 Å². The van der Waals surface area contributed by atoms with Crippen molar-refractivity contribution in [1.29, 1.82) is 0 Å². The number of primary amides is 1. The molecule has 5 unspecified atom stereocenters. The molecule has 5 atom stereocenters. The van der Waals surface area contributed by atoms with Gasteiger partial charge in [0, 0.05) is 0 Å². The fourth-order valence-corrected chi connectivity index (χ4v) is 2.44. The first-order chi connectivity index (χ1) is 14.4. The molecule has 0 aliphatic heterocycles. The van der Waals surface area contributed by atoms with Crippen molar-refractivity contribution in [1.82, 2.24) is 16.0 Å². The second-order valence-corrected chi connectivity index (χ2v) is 6.93. The van der Waals surface area contributed by atoms with E-state index in [4.69, 9.17) is 22.3 Å². The molecule has 0 aromatic rings. The molecule has 0 bridgehead atoms. The van der Waals surface area contributed by atoms with E-state index in [9.17, 15) is 34.2 Å². The number of carboxylic acids is 1. The van der Waals surface area contributed by atoms with Gasteiger partial charge in [-0.1, -0.05) is 0 Å². The summed E-state index contributed by atoms with van der Waals surface area (Å²) in [5, 5.41) is 34.5. The molecule has 178 valence electrons. The summed E-state index contributed by atoms with van der Waals surface area (Å²) in [6.45, 7) is 0.802. The zero-order valence-electron chi connectivity index (χ0n) is 17.2. The number of aliphatic hydroxyl groups is 2. The molecule has 0 aliphatic rings.